The van der Waals surface area contributed by atoms with Crippen LogP contribution in [0, 0.1) is 0 Å². The van der Waals surface area contributed by atoms with Crippen LogP contribution in [-0.2, 0) is 0 Å². The lowest BCUT2D eigenvalue weighted by atomic mass is 10.3. The van der Waals surface area contributed by atoms with E-state index in [2.05, 4.69) is 9.97 Å². The molecule has 2 aromatic heterocycles. The summed E-state index contributed by atoms with van der Waals surface area (Å²) in [6.45, 7) is 4.00. The summed E-state index contributed by atoms with van der Waals surface area (Å²) in [4.78, 5) is 18.2. The van der Waals surface area contributed by atoms with Gasteiger partial charge >= 0.3 is 0 Å². The van der Waals surface area contributed by atoms with Crippen LogP contribution < -0.4 is 10.2 Å². The molecule has 80 valence electrons. The van der Waals surface area contributed by atoms with E-state index in [0.29, 0.717) is 16.9 Å². The number of H-pyrrole nitrogens is 1. The van der Waals surface area contributed by atoms with Gasteiger partial charge in [-0.05, 0) is 6.07 Å². The Balaban J connectivity index is 0.000000531. The second-order valence-electron chi connectivity index (χ2n) is 2.59. The van der Waals surface area contributed by atoms with E-state index >= 15 is 0 Å². The molecule has 0 aromatic carbocycles. The molecular weight excluding hydrogens is 192 g/mol. The Hall–Kier alpha value is -1.84. The van der Waals surface area contributed by atoms with E-state index < -0.39 is 0 Å². The molecule has 0 bridgehead atoms. The third-order valence-electron chi connectivity index (χ3n) is 1.80. The van der Waals surface area contributed by atoms with E-state index in [4.69, 9.17) is 4.74 Å². The zero-order valence-corrected chi connectivity index (χ0v) is 9.07. The van der Waals surface area contributed by atoms with Crippen LogP contribution in [0.5, 0.6) is 5.88 Å². The van der Waals surface area contributed by atoms with Gasteiger partial charge in [0.25, 0.3) is 0 Å². The van der Waals surface area contributed by atoms with Crippen LogP contribution in [0.4, 0.5) is 0 Å². The minimum absolute atomic E-state index is 0.0381. The van der Waals surface area contributed by atoms with Gasteiger partial charge in [-0.2, -0.15) is 4.98 Å². The van der Waals surface area contributed by atoms with Gasteiger partial charge in [0.05, 0.1) is 12.5 Å². The molecule has 0 aliphatic rings. The normalized spacial score (nSPS) is 9.27. The molecule has 4 nitrogen and oxygen atoms in total. The molecule has 0 aliphatic carbocycles. The van der Waals surface area contributed by atoms with Crippen LogP contribution in [0.25, 0.3) is 11.0 Å². The van der Waals surface area contributed by atoms with Gasteiger partial charge in [-0.3, -0.25) is 4.79 Å². The molecule has 0 atom stereocenters. The Kier molecular flexibility index (Phi) is 3.85. The minimum atomic E-state index is -0.0381. The highest BCUT2D eigenvalue weighted by molar-refractivity contribution is 5.74. The van der Waals surface area contributed by atoms with Gasteiger partial charge in [-0.1, -0.05) is 13.8 Å². The number of hydrogen-bond acceptors (Lipinski definition) is 3. The van der Waals surface area contributed by atoms with Crippen LogP contribution >= 0.6 is 0 Å². The van der Waals surface area contributed by atoms with Crippen molar-refractivity contribution in [3.63, 3.8) is 0 Å². The molecule has 0 unspecified atom stereocenters. The number of fused-ring (bicyclic) bond motifs is 1. The van der Waals surface area contributed by atoms with Gasteiger partial charge in [0.15, 0.2) is 5.43 Å². The van der Waals surface area contributed by atoms with Crippen LogP contribution in [0.3, 0.4) is 0 Å². The first-order valence-electron chi connectivity index (χ1n) is 4.84. The molecule has 1 N–H and O–H groups in total. The van der Waals surface area contributed by atoms with Gasteiger partial charge in [-0.15, -0.1) is 0 Å². The maximum Gasteiger partial charge on any atom is 0.214 e. The SMILES string of the molecule is CC.COc1ccc2c(=O)cc[nH]c2n1. The minimum Gasteiger partial charge on any atom is -0.481 e. The zero-order valence-electron chi connectivity index (χ0n) is 9.07. The molecule has 0 aliphatic heterocycles. The van der Waals surface area contributed by atoms with Crippen molar-refractivity contribution in [3.8, 4) is 5.88 Å². The Morgan fingerprint density at radius 2 is 2.00 bits per heavy atom. The molecule has 0 spiro atoms. The van der Waals surface area contributed by atoms with E-state index in [0.717, 1.165) is 0 Å². The molecule has 0 saturated heterocycles. The summed E-state index contributed by atoms with van der Waals surface area (Å²) in [6, 6.07) is 4.83. The summed E-state index contributed by atoms with van der Waals surface area (Å²) in [7, 11) is 1.54. The van der Waals surface area contributed by atoms with Crippen molar-refractivity contribution in [1.29, 1.82) is 0 Å². The molecule has 0 fully saturated rings. The monoisotopic (exact) mass is 206 g/mol. The highest BCUT2D eigenvalue weighted by Gasteiger charge is 1.99. The number of pyridine rings is 2. The van der Waals surface area contributed by atoms with Crippen LogP contribution in [0.2, 0.25) is 0 Å². The number of aromatic amines is 1. The van der Waals surface area contributed by atoms with Crippen molar-refractivity contribution < 1.29 is 4.74 Å². The summed E-state index contributed by atoms with van der Waals surface area (Å²) in [6.07, 6.45) is 1.57. The first-order chi connectivity index (χ1) is 7.31. The lowest BCUT2D eigenvalue weighted by molar-refractivity contribution is 0.399. The lowest BCUT2D eigenvalue weighted by Gasteiger charge is -1.99. The molecule has 0 saturated carbocycles. The maximum atomic E-state index is 11.3. The first kappa shape index (κ1) is 11.2. The largest absolute Gasteiger partial charge is 0.481 e. The second-order valence-corrected chi connectivity index (χ2v) is 2.59. The van der Waals surface area contributed by atoms with Gasteiger partial charge in [0.1, 0.15) is 5.65 Å². The van der Waals surface area contributed by atoms with Crippen molar-refractivity contribution in [3.05, 3.63) is 34.6 Å². The average molecular weight is 206 g/mol. The van der Waals surface area contributed by atoms with Crippen LogP contribution in [-0.4, -0.2) is 17.1 Å². The molecule has 2 aromatic rings. The third-order valence-corrected chi connectivity index (χ3v) is 1.80. The van der Waals surface area contributed by atoms with Gasteiger partial charge < -0.3 is 9.72 Å². The molecular formula is C11H14N2O2. The van der Waals surface area contributed by atoms with Crippen molar-refractivity contribution >= 4 is 11.0 Å². The maximum absolute atomic E-state index is 11.3. The standard InChI is InChI=1S/C9H8N2O2.C2H6/c1-13-8-3-2-6-7(12)4-5-10-9(6)11-8;1-2/h2-5H,1H3,(H,10,11,12);1-2H3. The lowest BCUT2D eigenvalue weighted by Crippen LogP contribution is -2.01. The predicted molar refractivity (Wildman–Crippen MR) is 60.3 cm³/mol. The number of hydrogen-bond donors (Lipinski definition) is 1. The average Bonchev–Trinajstić information content (AvgIpc) is 2.31. The van der Waals surface area contributed by atoms with Crippen molar-refractivity contribution in [1.82, 2.24) is 9.97 Å². The van der Waals surface area contributed by atoms with Gasteiger partial charge in [0.2, 0.25) is 5.88 Å². The number of nitrogens with zero attached hydrogens (tertiary/aromatic N) is 1. The van der Waals surface area contributed by atoms with Crippen LogP contribution in [0.15, 0.2) is 29.2 Å². The predicted octanol–water partition coefficient (Wildman–Crippen LogP) is 1.96. The Morgan fingerprint density at radius 1 is 1.27 bits per heavy atom. The molecule has 4 heteroatoms. The highest BCUT2D eigenvalue weighted by Crippen LogP contribution is 2.10. The zero-order chi connectivity index (χ0) is 11.3. The van der Waals surface area contributed by atoms with Crippen LogP contribution in [0.1, 0.15) is 13.8 Å². The quantitative estimate of drug-likeness (QED) is 0.776. The van der Waals surface area contributed by atoms with Crippen molar-refractivity contribution in [2.75, 3.05) is 7.11 Å². The molecule has 0 amide bonds. The molecule has 15 heavy (non-hydrogen) atoms. The number of aromatic nitrogens is 2. The number of rotatable bonds is 1. The number of nitrogens with one attached hydrogen (secondary N) is 1. The van der Waals surface area contributed by atoms with Crippen molar-refractivity contribution in [2.24, 2.45) is 0 Å². The van der Waals surface area contributed by atoms with E-state index in [9.17, 15) is 4.79 Å². The third kappa shape index (κ3) is 2.34. The fourth-order valence-electron chi connectivity index (χ4n) is 1.15. The first-order valence-corrected chi connectivity index (χ1v) is 4.84. The number of methoxy groups -OCH3 is 1. The van der Waals surface area contributed by atoms with Crippen molar-refractivity contribution in [2.45, 2.75) is 13.8 Å². The number of ether oxygens (including phenoxy) is 1. The van der Waals surface area contributed by atoms with E-state index in [1.807, 2.05) is 13.8 Å². The molecule has 0 radical (unpaired) electrons. The molecule has 2 heterocycles. The summed E-state index contributed by atoms with van der Waals surface area (Å²) in [5.41, 5.74) is 0.510. The topological polar surface area (TPSA) is 55.0 Å². The highest BCUT2D eigenvalue weighted by atomic mass is 16.5. The fourth-order valence-corrected chi connectivity index (χ4v) is 1.15. The Morgan fingerprint density at radius 3 is 2.67 bits per heavy atom. The Labute approximate surface area is 87.9 Å². The van der Waals surface area contributed by atoms with Gasteiger partial charge in [-0.25, -0.2) is 0 Å². The van der Waals surface area contributed by atoms with E-state index in [1.54, 1.807) is 18.3 Å². The van der Waals surface area contributed by atoms with Gasteiger partial charge in [0, 0.05) is 18.3 Å². The summed E-state index contributed by atoms with van der Waals surface area (Å²) >= 11 is 0. The summed E-state index contributed by atoms with van der Waals surface area (Å²) in [5, 5.41) is 0.573. The van der Waals surface area contributed by atoms with E-state index in [1.165, 1.54) is 13.2 Å². The van der Waals surface area contributed by atoms with E-state index in [-0.39, 0.29) is 5.43 Å². The second kappa shape index (κ2) is 5.14. The summed E-state index contributed by atoms with van der Waals surface area (Å²) in [5.74, 6) is 0.495. The summed E-state index contributed by atoms with van der Waals surface area (Å²) < 4.78 is 4.93. The Bertz CT molecular complexity index is 491. The fraction of sp³-hybridized carbons (Fsp3) is 0.273. The smallest absolute Gasteiger partial charge is 0.214 e. The molecule has 2 rings (SSSR count).